The predicted molar refractivity (Wildman–Crippen MR) is 114 cm³/mol. The highest BCUT2D eigenvalue weighted by Crippen LogP contribution is 2.29. The normalized spacial score (nSPS) is 11.1. The third-order valence-electron chi connectivity index (χ3n) is 4.35. The first-order valence-electron chi connectivity index (χ1n) is 9.36. The van der Waals surface area contributed by atoms with Gasteiger partial charge in [-0.1, -0.05) is 24.3 Å². The van der Waals surface area contributed by atoms with Crippen LogP contribution in [0.1, 0.15) is 15.9 Å². The lowest BCUT2D eigenvalue weighted by Gasteiger charge is -2.12. The van der Waals surface area contributed by atoms with Gasteiger partial charge in [0, 0.05) is 17.8 Å². The molecule has 0 saturated heterocycles. The van der Waals surface area contributed by atoms with Crippen molar-refractivity contribution in [3.8, 4) is 11.5 Å². The maximum absolute atomic E-state index is 12.5. The van der Waals surface area contributed by atoms with Gasteiger partial charge in [0.25, 0.3) is 15.9 Å². The van der Waals surface area contributed by atoms with Crippen LogP contribution in [0.4, 0.5) is 14.5 Å². The van der Waals surface area contributed by atoms with E-state index in [0.717, 1.165) is 0 Å². The molecule has 7 nitrogen and oxygen atoms in total. The largest absolute Gasteiger partial charge is 0.493 e. The molecule has 10 heteroatoms. The predicted octanol–water partition coefficient (Wildman–Crippen LogP) is 4.03. The number of amides is 1. The Labute approximate surface area is 184 Å². The number of nitrogens with one attached hydrogen (secondary N) is 2. The third kappa shape index (κ3) is 5.94. The molecule has 0 spiro atoms. The quantitative estimate of drug-likeness (QED) is 0.501. The third-order valence-corrected chi connectivity index (χ3v) is 5.75. The molecule has 0 atom stereocenters. The van der Waals surface area contributed by atoms with Crippen LogP contribution in [-0.2, 0) is 16.6 Å². The van der Waals surface area contributed by atoms with Crippen LogP contribution in [0.5, 0.6) is 11.5 Å². The number of carbonyl (C=O) groups is 1. The lowest BCUT2D eigenvalue weighted by atomic mass is 10.1. The number of ether oxygens (including phenoxy) is 2. The van der Waals surface area contributed by atoms with Crippen molar-refractivity contribution in [3.05, 3.63) is 83.9 Å². The van der Waals surface area contributed by atoms with Crippen LogP contribution in [0.15, 0.2) is 77.7 Å². The standard InChI is InChI=1S/C22H20F2N2O5S/c1-30-20-13-15(7-12-19(20)31-22(23)24)14-25-21(27)16-8-10-18(11-9-16)32(28,29)26-17-5-3-2-4-6-17/h2-13,22,26H,14H2,1H3,(H,25,27). The van der Waals surface area contributed by atoms with Crippen molar-refractivity contribution in [2.24, 2.45) is 0 Å². The lowest BCUT2D eigenvalue weighted by Crippen LogP contribution is -2.23. The van der Waals surface area contributed by atoms with Gasteiger partial charge in [0.2, 0.25) is 0 Å². The first-order chi connectivity index (χ1) is 15.3. The molecule has 0 aliphatic heterocycles. The summed E-state index contributed by atoms with van der Waals surface area (Å²) in [6.45, 7) is -2.89. The van der Waals surface area contributed by atoms with Crippen molar-refractivity contribution in [2.75, 3.05) is 11.8 Å². The molecule has 0 radical (unpaired) electrons. The number of hydrogen-bond donors (Lipinski definition) is 2. The van der Waals surface area contributed by atoms with Crippen LogP contribution in [0.25, 0.3) is 0 Å². The smallest absolute Gasteiger partial charge is 0.387 e. The molecule has 0 bridgehead atoms. The van der Waals surface area contributed by atoms with Crippen molar-refractivity contribution in [1.82, 2.24) is 5.32 Å². The average molecular weight is 462 g/mol. The Morgan fingerprint density at radius 2 is 1.66 bits per heavy atom. The van der Waals surface area contributed by atoms with E-state index in [1.165, 1.54) is 49.6 Å². The highest BCUT2D eigenvalue weighted by Gasteiger charge is 2.16. The van der Waals surface area contributed by atoms with Gasteiger partial charge in [0.15, 0.2) is 11.5 Å². The van der Waals surface area contributed by atoms with E-state index in [2.05, 4.69) is 14.8 Å². The summed E-state index contributed by atoms with van der Waals surface area (Å²) in [6, 6.07) is 18.2. The lowest BCUT2D eigenvalue weighted by molar-refractivity contribution is -0.0512. The molecule has 0 saturated carbocycles. The zero-order chi connectivity index (χ0) is 23.1. The van der Waals surface area contributed by atoms with Gasteiger partial charge >= 0.3 is 6.61 Å². The Balaban J connectivity index is 1.64. The zero-order valence-electron chi connectivity index (χ0n) is 16.9. The summed E-state index contributed by atoms with van der Waals surface area (Å²) in [7, 11) is -2.47. The molecule has 32 heavy (non-hydrogen) atoms. The molecule has 0 aromatic heterocycles. The molecule has 2 N–H and O–H groups in total. The van der Waals surface area contributed by atoms with Crippen LogP contribution in [0.3, 0.4) is 0 Å². The Bertz CT molecular complexity index is 1170. The van der Waals surface area contributed by atoms with E-state index in [0.29, 0.717) is 11.3 Å². The average Bonchev–Trinajstić information content (AvgIpc) is 2.78. The molecule has 0 heterocycles. The Morgan fingerprint density at radius 1 is 0.969 bits per heavy atom. The number of halogens is 2. The molecule has 168 valence electrons. The summed E-state index contributed by atoms with van der Waals surface area (Å²) in [5.41, 5.74) is 1.28. The van der Waals surface area contributed by atoms with Crippen LogP contribution in [-0.4, -0.2) is 28.0 Å². The number of methoxy groups -OCH3 is 1. The molecular formula is C22H20F2N2O5S. The Hall–Kier alpha value is -3.66. The van der Waals surface area contributed by atoms with Gasteiger partial charge in [0.05, 0.1) is 12.0 Å². The van der Waals surface area contributed by atoms with Crippen molar-refractivity contribution >= 4 is 21.6 Å². The SMILES string of the molecule is COc1cc(CNC(=O)c2ccc(S(=O)(=O)Nc3ccccc3)cc2)ccc1OC(F)F. The minimum absolute atomic E-state index is 0.0114. The second-order valence-electron chi connectivity index (χ2n) is 6.54. The number of sulfonamides is 1. The van der Waals surface area contributed by atoms with E-state index in [-0.39, 0.29) is 28.5 Å². The Kier molecular flexibility index (Phi) is 7.26. The second kappa shape index (κ2) is 10.1. The fourth-order valence-corrected chi connectivity index (χ4v) is 3.86. The molecule has 0 fully saturated rings. The molecule has 0 unspecified atom stereocenters. The van der Waals surface area contributed by atoms with E-state index in [1.54, 1.807) is 30.3 Å². The Morgan fingerprint density at radius 3 is 2.28 bits per heavy atom. The van der Waals surface area contributed by atoms with Gasteiger partial charge in [0.1, 0.15) is 0 Å². The van der Waals surface area contributed by atoms with Gasteiger partial charge in [-0.2, -0.15) is 8.78 Å². The van der Waals surface area contributed by atoms with Gasteiger partial charge in [-0.3, -0.25) is 9.52 Å². The first-order valence-corrected chi connectivity index (χ1v) is 10.8. The number of carbonyl (C=O) groups excluding carboxylic acids is 1. The van der Waals surface area contributed by atoms with Crippen LogP contribution < -0.4 is 19.5 Å². The van der Waals surface area contributed by atoms with Crippen LogP contribution in [0, 0.1) is 0 Å². The number of alkyl halides is 2. The van der Waals surface area contributed by atoms with Crippen molar-refractivity contribution in [3.63, 3.8) is 0 Å². The topological polar surface area (TPSA) is 93.7 Å². The van der Waals surface area contributed by atoms with E-state index in [4.69, 9.17) is 4.74 Å². The molecule has 1 amide bonds. The number of anilines is 1. The van der Waals surface area contributed by atoms with E-state index in [9.17, 15) is 22.0 Å². The highest BCUT2D eigenvalue weighted by atomic mass is 32.2. The summed E-state index contributed by atoms with van der Waals surface area (Å²) < 4.78 is 61.6. The van der Waals surface area contributed by atoms with Gasteiger partial charge in [-0.15, -0.1) is 0 Å². The summed E-state index contributed by atoms with van der Waals surface area (Å²) in [6.07, 6.45) is 0. The maximum atomic E-state index is 12.5. The van der Waals surface area contributed by atoms with Gasteiger partial charge in [-0.05, 0) is 54.1 Å². The number of hydrogen-bond acceptors (Lipinski definition) is 5. The summed E-state index contributed by atoms with van der Waals surface area (Å²) in [5, 5.41) is 2.68. The van der Waals surface area contributed by atoms with Gasteiger partial charge in [-0.25, -0.2) is 8.42 Å². The summed E-state index contributed by atoms with van der Waals surface area (Å²) in [5.74, 6) is -0.437. The molecule has 3 aromatic carbocycles. The van der Waals surface area contributed by atoms with Crippen LogP contribution in [0.2, 0.25) is 0 Å². The summed E-state index contributed by atoms with van der Waals surface area (Å²) >= 11 is 0. The minimum atomic E-state index is -3.79. The molecular weight excluding hydrogens is 442 g/mol. The number of para-hydroxylation sites is 1. The fraction of sp³-hybridized carbons (Fsp3) is 0.136. The molecule has 3 rings (SSSR count). The first kappa shape index (κ1) is 23.0. The van der Waals surface area contributed by atoms with Gasteiger partial charge < -0.3 is 14.8 Å². The molecule has 0 aliphatic rings. The molecule has 0 aliphatic carbocycles. The maximum Gasteiger partial charge on any atom is 0.387 e. The van der Waals surface area contributed by atoms with E-state index in [1.807, 2.05) is 0 Å². The fourth-order valence-electron chi connectivity index (χ4n) is 2.81. The minimum Gasteiger partial charge on any atom is -0.493 e. The number of benzene rings is 3. The zero-order valence-corrected chi connectivity index (χ0v) is 17.7. The number of rotatable bonds is 9. The summed E-state index contributed by atoms with van der Waals surface area (Å²) in [4.78, 5) is 12.4. The highest BCUT2D eigenvalue weighted by molar-refractivity contribution is 7.92. The monoisotopic (exact) mass is 462 g/mol. The van der Waals surface area contributed by atoms with Crippen molar-refractivity contribution in [2.45, 2.75) is 18.1 Å². The van der Waals surface area contributed by atoms with Crippen molar-refractivity contribution in [1.29, 1.82) is 0 Å². The second-order valence-corrected chi connectivity index (χ2v) is 8.22. The van der Waals surface area contributed by atoms with Crippen LogP contribution >= 0.6 is 0 Å². The van der Waals surface area contributed by atoms with E-state index >= 15 is 0 Å². The molecule has 3 aromatic rings. The van der Waals surface area contributed by atoms with E-state index < -0.39 is 22.5 Å². The van der Waals surface area contributed by atoms with Crippen molar-refractivity contribution < 1.29 is 31.5 Å².